The summed E-state index contributed by atoms with van der Waals surface area (Å²) in [5.74, 6) is -1.23. The molecule has 3 aromatic heterocycles. The fourth-order valence-electron chi connectivity index (χ4n) is 3.86. The molecule has 176 valence electrons. The van der Waals surface area contributed by atoms with Crippen LogP contribution >= 0.6 is 0 Å². The van der Waals surface area contributed by atoms with Crippen LogP contribution in [-0.2, 0) is 6.54 Å². The number of halogens is 2. The van der Waals surface area contributed by atoms with Crippen LogP contribution in [0.3, 0.4) is 0 Å². The van der Waals surface area contributed by atoms with E-state index in [0.717, 1.165) is 6.20 Å². The van der Waals surface area contributed by atoms with Gasteiger partial charge in [0.15, 0.2) is 17.5 Å². The summed E-state index contributed by atoms with van der Waals surface area (Å²) in [6.07, 6.45) is -1.53. The summed E-state index contributed by atoms with van der Waals surface area (Å²) in [5, 5.41) is 38.2. The Hall–Kier alpha value is -3.74. The Morgan fingerprint density at radius 3 is 2.47 bits per heavy atom. The molecule has 3 N–H and O–H groups in total. The van der Waals surface area contributed by atoms with Gasteiger partial charge in [0.25, 0.3) is 0 Å². The second kappa shape index (κ2) is 8.89. The average molecular weight is 470 g/mol. The third kappa shape index (κ3) is 4.14. The molecule has 0 aliphatic carbocycles. The number of piperidine rings is 1. The molecule has 0 unspecified atom stereocenters. The molecule has 1 aliphatic rings. The Bertz CT molecular complexity index is 1290. The van der Waals surface area contributed by atoms with Gasteiger partial charge in [-0.3, -0.25) is 4.68 Å². The SMILES string of the molecule is O[C@@H]1[C@H](O)CN(c2nc(-c3cc(-c4ccon4)n(Cc4ccccc4F)n3)ncc2F)C[C@@H]1O. The lowest BCUT2D eigenvalue weighted by Crippen LogP contribution is -2.55. The zero-order valence-corrected chi connectivity index (χ0v) is 17.7. The minimum absolute atomic E-state index is 0.0727. The van der Waals surface area contributed by atoms with Crippen LogP contribution in [0.1, 0.15) is 5.56 Å². The van der Waals surface area contributed by atoms with E-state index in [1.54, 1.807) is 30.3 Å². The molecule has 3 atom stereocenters. The van der Waals surface area contributed by atoms with Crippen LogP contribution in [0, 0.1) is 11.6 Å². The van der Waals surface area contributed by atoms with Gasteiger partial charge in [-0.05, 0) is 12.1 Å². The lowest BCUT2D eigenvalue weighted by atomic mass is 10.0. The number of aromatic nitrogens is 5. The summed E-state index contributed by atoms with van der Waals surface area (Å²) in [5.41, 5.74) is 1.63. The van der Waals surface area contributed by atoms with E-state index in [2.05, 4.69) is 20.2 Å². The maximum absolute atomic E-state index is 14.6. The monoisotopic (exact) mass is 470 g/mol. The van der Waals surface area contributed by atoms with E-state index in [0.29, 0.717) is 17.0 Å². The zero-order chi connectivity index (χ0) is 23.8. The van der Waals surface area contributed by atoms with Gasteiger partial charge in [-0.1, -0.05) is 23.4 Å². The highest BCUT2D eigenvalue weighted by Gasteiger charge is 2.35. The number of nitrogens with zero attached hydrogens (tertiary/aromatic N) is 6. The fourth-order valence-corrected chi connectivity index (χ4v) is 3.86. The zero-order valence-electron chi connectivity index (χ0n) is 17.7. The number of hydrogen-bond acceptors (Lipinski definition) is 9. The second-order valence-electron chi connectivity index (χ2n) is 7.94. The number of β-amino-alcohol motifs (C(OH)–C–C–N with tert-alkyl or cyclic N) is 2. The van der Waals surface area contributed by atoms with Crippen LogP contribution in [0.2, 0.25) is 0 Å². The third-order valence-corrected chi connectivity index (χ3v) is 5.62. The summed E-state index contributed by atoms with van der Waals surface area (Å²) in [6, 6.07) is 9.54. The van der Waals surface area contributed by atoms with Gasteiger partial charge in [-0.2, -0.15) is 5.10 Å². The highest BCUT2D eigenvalue weighted by Crippen LogP contribution is 2.28. The van der Waals surface area contributed by atoms with Gasteiger partial charge in [0.05, 0.1) is 30.6 Å². The summed E-state index contributed by atoms with van der Waals surface area (Å²) < 4.78 is 35.3. The molecular formula is C22H20F2N6O4. The Labute approximate surface area is 191 Å². The maximum atomic E-state index is 14.6. The Balaban J connectivity index is 1.53. The van der Waals surface area contributed by atoms with E-state index in [4.69, 9.17) is 4.52 Å². The van der Waals surface area contributed by atoms with Crippen molar-refractivity contribution in [3.63, 3.8) is 0 Å². The molecule has 0 saturated carbocycles. The molecule has 0 spiro atoms. The van der Waals surface area contributed by atoms with Crippen LogP contribution in [0.4, 0.5) is 14.6 Å². The quantitative estimate of drug-likeness (QED) is 0.394. The second-order valence-corrected chi connectivity index (χ2v) is 7.94. The van der Waals surface area contributed by atoms with E-state index >= 15 is 0 Å². The number of rotatable bonds is 5. The van der Waals surface area contributed by atoms with Crippen molar-refractivity contribution < 1.29 is 28.6 Å². The number of anilines is 1. The molecule has 0 amide bonds. The van der Waals surface area contributed by atoms with Crippen LogP contribution in [0.15, 0.2) is 53.4 Å². The van der Waals surface area contributed by atoms with E-state index < -0.39 is 29.9 Å². The van der Waals surface area contributed by atoms with Crippen molar-refractivity contribution in [2.45, 2.75) is 24.9 Å². The lowest BCUT2D eigenvalue weighted by molar-refractivity contribution is -0.0675. The minimum atomic E-state index is -1.33. The highest BCUT2D eigenvalue weighted by atomic mass is 19.1. The van der Waals surface area contributed by atoms with Crippen LogP contribution in [-0.4, -0.2) is 71.6 Å². The highest BCUT2D eigenvalue weighted by molar-refractivity contribution is 5.63. The molecule has 4 aromatic rings. The Morgan fingerprint density at radius 2 is 1.76 bits per heavy atom. The van der Waals surface area contributed by atoms with Crippen LogP contribution in [0.5, 0.6) is 0 Å². The Kier molecular flexibility index (Phi) is 5.77. The van der Waals surface area contributed by atoms with E-state index in [-0.39, 0.29) is 37.0 Å². The summed E-state index contributed by atoms with van der Waals surface area (Å²) in [6.45, 7) is -0.166. The van der Waals surface area contributed by atoms with E-state index in [9.17, 15) is 24.1 Å². The minimum Gasteiger partial charge on any atom is -0.388 e. The van der Waals surface area contributed by atoms with Gasteiger partial charge < -0.3 is 24.7 Å². The Morgan fingerprint density at radius 1 is 1.00 bits per heavy atom. The largest absolute Gasteiger partial charge is 0.388 e. The lowest BCUT2D eigenvalue weighted by Gasteiger charge is -2.37. The topological polar surface area (TPSA) is 134 Å². The molecule has 34 heavy (non-hydrogen) atoms. The number of aliphatic hydroxyl groups is 3. The first-order valence-electron chi connectivity index (χ1n) is 10.4. The first kappa shape index (κ1) is 22.1. The van der Waals surface area contributed by atoms with Gasteiger partial charge in [0, 0.05) is 24.7 Å². The molecule has 1 saturated heterocycles. The van der Waals surface area contributed by atoms with Crippen molar-refractivity contribution >= 4 is 5.82 Å². The van der Waals surface area contributed by atoms with Crippen molar-refractivity contribution in [1.29, 1.82) is 0 Å². The van der Waals surface area contributed by atoms with Crippen molar-refractivity contribution in [3.8, 4) is 22.9 Å². The molecular weight excluding hydrogens is 450 g/mol. The molecule has 4 heterocycles. The van der Waals surface area contributed by atoms with Gasteiger partial charge in [-0.25, -0.2) is 18.7 Å². The van der Waals surface area contributed by atoms with Gasteiger partial charge >= 0.3 is 0 Å². The maximum Gasteiger partial charge on any atom is 0.183 e. The molecule has 10 nitrogen and oxygen atoms in total. The predicted octanol–water partition coefficient (Wildman–Crippen LogP) is 1.22. The number of hydrogen-bond donors (Lipinski definition) is 3. The van der Waals surface area contributed by atoms with Gasteiger partial charge in [0.1, 0.15) is 29.6 Å². The number of benzene rings is 1. The van der Waals surface area contributed by atoms with E-state index in [1.165, 1.54) is 21.9 Å². The summed E-state index contributed by atoms with van der Waals surface area (Å²) in [7, 11) is 0. The third-order valence-electron chi connectivity index (χ3n) is 5.62. The first-order chi connectivity index (χ1) is 16.4. The normalized spacial score (nSPS) is 20.6. The summed E-state index contributed by atoms with van der Waals surface area (Å²) in [4.78, 5) is 9.63. The van der Waals surface area contributed by atoms with Gasteiger partial charge in [-0.15, -0.1) is 0 Å². The van der Waals surface area contributed by atoms with Crippen LogP contribution in [0.25, 0.3) is 22.9 Å². The summed E-state index contributed by atoms with van der Waals surface area (Å²) >= 11 is 0. The first-order valence-corrected chi connectivity index (χ1v) is 10.4. The molecule has 12 heteroatoms. The van der Waals surface area contributed by atoms with Crippen molar-refractivity contribution in [1.82, 2.24) is 24.9 Å². The van der Waals surface area contributed by atoms with Crippen molar-refractivity contribution in [2.75, 3.05) is 18.0 Å². The van der Waals surface area contributed by atoms with Crippen LogP contribution < -0.4 is 4.90 Å². The molecule has 0 bridgehead atoms. The molecule has 1 aliphatic heterocycles. The smallest absolute Gasteiger partial charge is 0.183 e. The average Bonchev–Trinajstić information content (AvgIpc) is 3.49. The van der Waals surface area contributed by atoms with Crippen molar-refractivity contribution in [2.24, 2.45) is 0 Å². The van der Waals surface area contributed by atoms with Gasteiger partial charge in [0.2, 0.25) is 0 Å². The standard InChI is InChI=1S/C22H20F2N6O4/c23-13-4-2-1-3-12(13)9-30-17(15-5-6-34-28-15)7-16(27-30)21-25-8-14(24)22(26-21)29-10-18(31)20(33)19(32)11-29/h1-8,18-20,31-33H,9-11H2/t18-,19+,20-. The predicted molar refractivity (Wildman–Crippen MR) is 114 cm³/mol. The molecule has 0 radical (unpaired) electrons. The van der Waals surface area contributed by atoms with E-state index in [1.807, 2.05) is 0 Å². The van der Waals surface area contributed by atoms with Crippen molar-refractivity contribution in [3.05, 3.63) is 66.1 Å². The molecule has 5 rings (SSSR count). The molecule has 1 fully saturated rings. The fraction of sp³-hybridized carbons (Fsp3) is 0.273. The molecule has 1 aromatic carbocycles. The number of aliphatic hydroxyl groups excluding tert-OH is 3.